The zero-order chi connectivity index (χ0) is 22.8. The van der Waals surface area contributed by atoms with E-state index < -0.39 is 0 Å². The van der Waals surface area contributed by atoms with Crippen LogP contribution in [0.25, 0.3) is 0 Å². The first-order valence-corrected chi connectivity index (χ1v) is 10.7. The molecule has 0 fully saturated rings. The highest BCUT2D eigenvalue weighted by molar-refractivity contribution is 5.47. The SMILES string of the molecule is CC(C)(c1ccccn1)c1cccc(Oc2cccc(C(C)(C)c3ccccc3O)c2)n1. The number of para-hydroxylation sites is 1. The lowest BCUT2D eigenvalue weighted by atomic mass is 9.77. The van der Waals surface area contributed by atoms with Gasteiger partial charge in [-0.1, -0.05) is 56.3 Å². The van der Waals surface area contributed by atoms with Crippen molar-refractivity contribution in [3.05, 3.63) is 114 Å². The summed E-state index contributed by atoms with van der Waals surface area (Å²) in [6.07, 6.45) is 1.80. The van der Waals surface area contributed by atoms with Crippen molar-refractivity contribution in [1.29, 1.82) is 0 Å². The molecule has 2 heterocycles. The number of benzene rings is 2. The lowest BCUT2D eigenvalue weighted by Crippen LogP contribution is -2.22. The Kier molecular flexibility index (Phi) is 5.70. The molecule has 0 saturated heterocycles. The maximum Gasteiger partial charge on any atom is 0.219 e. The highest BCUT2D eigenvalue weighted by Crippen LogP contribution is 2.38. The third-order valence-electron chi connectivity index (χ3n) is 6.02. The average Bonchev–Trinajstić information content (AvgIpc) is 2.80. The van der Waals surface area contributed by atoms with Crippen molar-refractivity contribution < 1.29 is 9.84 Å². The highest BCUT2D eigenvalue weighted by atomic mass is 16.5. The number of pyridine rings is 2. The number of ether oxygens (including phenoxy) is 1. The van der Waals surface area contributed by atoms with Gasteiger partial charge in [-0.25, -0.2) is 4.98 Å². The first-order valence-electron chi connectivity index (χ1n) is 10.7. The molecule has 0 spiro atoms. The number of rotatable bonds is 6. The molecule has 2 aromatic heterocycles. The summed E-state index contributed by atoms with van der Waals surface area (Å²) in [5.41, 5.74) is 3.02. The normalized spacial score (nSPS) is 11.9. The van der Waals surface area contributed by atoms with Crippen LogP contribution in [0.5, 0.6) is 17.4 Å². The first-order chi connectivity index (χ1) is 15.3. The summed E-state index contributed by atoms with van der Waals surface area (Å²) in [5.74, 6) is 1.52. The van der Waals surface area contributed by atoms with Crippen molar-refractivity contribution in [2.45, 2.75) is 38.5 Å². The smallest absolute Gasteiger partial charge is 0.219 e. The van der Waals surface area contributed by atoms with Crippen LogP contribution in [0.3, 0.4) is 0 Å². The highest BCUT2D eigenvalue weighted by Gasteiger charge is 2.28. The van der Waals surface area contributed by atoms with Gasteiger partial charge >= 0.3 is 0 Å². The third kappa shape index (κ3) is 4.22. The van der Waals surface area contributed by atoms with E-state index in [4.69, 9.17) is 9.72 Å². The summed E-state index contributed by atoms with van der Waals surface area (Å²) >= 11 is 0. The molecular formula is C28H28N2O2. The Hall–Kier alpha value is -3.66. The van der Waals surface area contributed by atoms with Gasteiger partial charge in [-0.2, -0.15) is 0 Å². The number of hydrogen-bond donors (Lipinski definition) is 1. The van der Waals surface area contributed by atoms with Crippen LogP contribution in [-0.2, 0) is 10.8 Å². The zero-order valence-electron chi connectivity index (χ0n) is 18.9. The van der Waals surface area contributed by atoms with Crippen molar-refractivity contribution in [1.82, 2.24) is 9.97 Å². The van der Waals surface area contributed by atoms with Crippen LogP contribution in [0.2, 0.25) is 0 Å². The van der Waals surface area contributed by atoms with Crippen molar-refractivity contribution in [2.24, 2.45) is 0 Å². The Labute approximate surface area is 189 Å². The summed E-state index contributed by atoms with van der Waals surface area (Å²) in [6.45, 7) is 8.40. The van der Waals surface area contributed by atoms with Crippen LogP contribution in [0, 0.1) is 0 Å². The zero-order valence-corrected chi connectivity index (χ0v) is 18.9. The largest absolute Gasteiger partial charge is 0.508 e. The van der Waals surface area contributed by atoms with Crippen molar-refractivity contribution >= 4 is 0 Å². The maximum absolute atomic E-state index is 10.4. The average molecular weight is 425 g/mol. The molecule has 0 saturated carbocycles. The quantitative estimate of drug-likeness (QED) is 0.378. The molecule has 4 heteroatoms. The minimum Gasteiger partial charge on any atom is -0.508 e. The van der Waals surface area contributed by atoms with E-state index in [9.17, 15) is 5.11 Å². The minimum atomic E-state index is -0.388. The second-order valence-corrected chi connectivity index (χ2v) is 8.97. The van der Waals surface area contributed by atoms with E-state index in [1.165, 1.54) is 0 Å². The summed E-state index contributed by atoms with van der Waals surface area (Å²) in [5, 5.41) is 10.4. The number of aromatic hydroxyl groups is 1. The van der Waals surface area contributed by atoms with Crippen LogP contribution in [-0.4, -0.2) is 15.1 Å². The lowest BCUT2D eigenvalue weighted by molar-refractivity contribution is 0.446. The van der Waals surface area contributed by atoms with Crippen LogP contribution in [0.15, 0.2) is 91.1 Å². The molecule has 0 radical (unpaired) electrons. The molecule has 4 nitrogen and oxygen atoms in total. The molecule has 162 valence electrons. The topological polar surface area (TPSA) is 55.2 Å². The molecule has 32 heavy (non-hydrogen) atoms. The van der Waals surface area contributed by atoms with E-state index in [1.807, 2.05) is 78.9 Å². The van der Waals surface area contributed by atoms with Gasteiger partial charge in [-0.3, -0.25) is 4.98 Å². The molecule has 0 aliphatic heterocycles. The van der Waals surface area contributed by atoms with E-state index in [-0.39, 0.29) is 16.6 Å². The fourth-order valence-electron chi connectivity index (χ4n) is 3.91. The molecule has 1 N–H and O–H groups in total. The van der Waals surface area contributed by atoms with Gasteiger partial charge in [-0.05, 0) is 55.8 Å². The molecule has 2 aromatic carbocycles. The Morgan fingerprint density at radius 2 is 1.44 bits per heavy atom. The summed E-state index contributed by atoms with van der Waals surface area (Å²) in [7, 11) is 0. The number of nitrogens with zero attached hydrogens (tertiary/aromatic N) is 2. The van der Waals surface area contributed by atoms with Crippen molar-refractivity contribution in [2.75, 3.05) is 0 Å². The Morgan fingerprint density at radius 3 is 2.19 bits per heavy atom. The molecule has 0 aliphatic rings. The van der Waals surface area contributed by atoms with Gasteiger partial charge in [0.05, 0.1) is 11.4 Å². The van der Waals surface area contributed by atoms with Gasteiger partial charge in [0.2, 0.25) is 5.88 Å². The number of hydrogen-bond acceptors (Lipinski definition) is 4. The lowest BCUT2D eigenvalue weighted by Gasteiger charge is -2.27. The van der Waals surface area contributed by atoms with Gasteiger partial charge in [0.15, 0.2) is 0 Å². The van der Waals surface area contributed by atoms with Crippen LogP contribution in [0.4, 0.5) is 0 Å². The fraction of sp³-hybridized carbons (Fsp3) is 0.214. The van der Waals surface area contributed by atoms with E-state index in [2.05, 4.69) is 32.7 Å². The van der Waals surface area contributed by atoms with Gasteiger partial charge in [0.1, 0.15) is 11.5 Å². The van der Waals surface area contributed by atoms with E-state index >= 15 is 0 Å². The van der Waals surface area contributed by atoms with Gasteiger partial charge in [0, 0.05) is 28.7 Å². The van der Waals surface area contributed by atoms with Crippen molar-refractivity contribution in [3.8, 4) is 17.4 Å². The Balaban J connectivity index is 1.63. The fourth-order valence-corrected chi connectivity index (χ4v) is 3.91. The predicted molar refractivity (Wildman–Crippen MR) is 127 cm³/mol. The molecule has 4 rings (SSSR count). The minimum absolute atomic E-state index is 0.287. The monoisotopic (exact) mass is 424 g/mol. The molecule has 0 amide bonds. The number of phenols is 1. The van der Waals surface area contributed by atoms with E-state index in [0.29, 0.717) is 11.6 Å². The molecule has 0 unspecified atom stereocenters. The van der Waals surface area contributed by atoms with Gasteiger partial charge in [-0.15, -0.1) is 0 Å². The van der Waals surface area contributed by atoms with Crippen LogP contribution in [0.1, 0.15) is 50.2 Å². The first kappa shape index (κ1) is 21.6. The Morgan fingerprint density at radius 1 is 0.719 bits per heavy atom. The molecular weight excluding hydrogens is 396 g/mol. The molecule has 4 aromatic rings. The second-order valence-electron chi connectivity index (χ2n) is 8.97. The molecule has 0 bridgehead atoms. The third-order valence-corrected chi connectivity index (χ3v) is 6.02. The summed E-state index contributed by atoms with van der Waals surface area (Å²) in [4.78, 5) is 9.29. The number of aromatic nitrogens is 2. The van der Waals surface area contributed by atoms with Crippen molar-refractivity contribution in [3.63, 3.8) is 0 Å². The van der Waals surface area contributed by atoms with Gasteiger partial charge in [0.25, 0.3) is 0 Å². The summed E-state index contributed by atoms with van der Waals surface area (Å²) < 4.78 is 6.16. The van der Waals surface area contributed by atoms with Crippen LogP contribution < -0.4 is 4.74 Å². The maximum atomic E-state index is 10.4. The standard InChI is InChI=1S/C28H28N2O2/c1-27(2,22-13-5-6-14-23(22)31)20-11-9-12-21(19-20)32-26-17-10-16-25(30-26)28(3,4)24-15-7-8-18-29-24/h5-19,31H,1-4H3. The second kappa shape index (κ2) is 8.46. The Bertz CT molecular complexity index is 1220. The predicted octanol–water partition coefficient (Wildman–Crippen LogP) is 6.63. The van der Waals surface area contributed by atoms with E-state index in [1.54, 1.807) is 12.3 Å². The number of phenolic OH excluding ortho intramolecular Hbond substituents is 1. The molecule has 0 aliphatic carbocycles. The van der Waals surface area contributed by atoms with E-state index in [0.717, 1.165) is 22.5 Å². The van der Waals surface area contributed by atoms with Gasteiger partial charge < -0.3 is 9.84 Å². The summed E-state index contributed by atoms with van der Waals surface area (Å²) in [6, 6.07) is 27.1. The van der Waals surface area contributed by atoms with Crippen LogP contribution >= 0.6 is 0 Å². The molecule has 0 atom stereocenters.